The quantitative estimate of drug-likeness (QED) is 0.716. The second-order valence-corrected chi connectivity index (χ2v) is 7.75. The zero-order valence-corrected chi connectivity index (χ0v) is 15.3. The SMILES string of the molecule is COC(=O)c1ccc(OC)c(S(=O)(=O)N2CCC(n3nccn3)CC2)c1. The van der Waals surface area contributed by atoms with Crippen LogP contribution >= 0.6 is 0 Å². The van der Waals surface area contributed by atoms with Crippen LogP contribution in [-0.4, -0.2) is 61.0 Å². The van der Waals surface area contributed by atoms with E-state index in [9.17, 15) is 13.2 Å². The summed E-state index contributed by atoms with van der Waals surface area (Å²) in [4.78, 5) is 13.3. The molecule has 1 saturated heterocycles. The Morgan fingerprint density at radius 2 is 1.81 bits per heavy atom. The molecular weight excluding hydrogens is 360 g/mol. The number of methoxy groups -OCH3 is 2. The number of nitrogens with zero attached hydrogens (tertiary/aromatic N) is 4. The normalized spacial score (nSPS) is 16.4. The Morgan fingerprint density at radius 3 is 2.38 bits per heavy atom. The zero-order chi connectivity index (χ0) is 18.7. The molecule has 0 radical (unpaired) electrons. The van der Waals surface area contributed by atoms with Gasteiger partial charge in [0.1, 0.15) is 10.6 Å². The van der Waals surface area contributed by atoms with Crippen molar-refractivity contribution in [2.45, 2.75) is 23.8 Å². The molecule has 10 heteroatoms. The average molecular weight is 380 g/mol. The van der Waals surface area contributed by atoms with E-state index in [2.05, 4.69) is 14.9 Å². The number of esters is 1. The van der Waals surface area contributed by atoms with Crippen LogP contribution in [0.25, 0.3) is 0 Å². The molecule has 2 heterocycles. The molecule has 9 nitrogen and oxygen atoms in total. The smallest absolute Gasteiger partial charge is 0.337 e. The van der Waals surface area contributed by atoms with Gasteiger partial charge in [-0.3, -0.25) is 0 Å². The molecule has 0 amide bonds. The number of piperidine rings is 1. The first-order chi connectivity index (χ1) is 12.5. The van der Waals surface area contributed by atoms with Crippen LogP contribution in [0.15, 0.2) is 35.5 Å². The molecule has 1 aliphatic rings. The van der Waals surface area contributed by atoms with Gasteiger partial charge in [0.15, 0.2) is 0 Å². The van der Waals surface area contributed by atoms with Crippen LogP contribution in [-0.2, 0) is 14.8 Å². The summed E-state index contributed by atoms with van der Waals surface area (Å²) in [6, 6.07) is 4.29. The highest BCUT2D eigenvalue weighted by Gasteiger charge is 2.33. The molecule has 0 saturated carbocycles. The third kappa shape index (κ3) is 3.42. The highest BCUT2D eigenvalue weighted by molar-refractivity contribution is 7.89. The minimum atomic E-state index is -3.81. The van der Waals surface area contributed by atoms with Crippen molar-refractivity contribution < 1.29 is 22.7 Å². The van der Waals surface area contributed by atoms with Crippen molar-refractivity contribution in [2.24, 2.45) is 0 Å². The average Bonchev–Trinajstić information content (AvgIpc) is 3.21. The Bertz CT molecular complexity index is 874. The van der Waals surface area contributed by atoms with E-state index in [4.69, 9.17) is 4.74 Å². The van der Waals surface area contributed by atoms with Gasteiger partial charge in [0, 0.05) is 13.1 Å². The molecule has 0 N–H and O–H groups in total. The lowest BCUT2D eigenvalue weighted by molar-refractivity contribution is 0.0600. The number of carbonyl (C=O) groups excluding carboxylic acids is 1. The number of benzene rings is 1. The monoisotopic (exact) mass is 380 g/mol. The Kier molecular flexibility index (Phi) is 5.23. The molecular formula is C16H20N4O5S. The molecule has 0 bridgehead atoms. The summed E-state index contributed by atoms with van der Waals surface area (Å²) in [5.41, 5.74) is 0.155. The van der Waals surface area contributed by atoms with Gasteiger partial charge >= 0.3 is 5.97 Å². The van der Waals surface area contributed by atoms with Gasteiger partial charge < -0.3 is 9.47 Å². The fourth-order valence-corrected chi connectivity index (χ4v) is 4.64. The number of hydrogen-bond donors (Lipinski definition) is 0. The standard InChI is InChI=1S/C16H20N4O5S/c1-24-14-4-3-12(16(21)25-2)11-15(14)26(22,23)19-9-5-13(6-10-19)20-17-7-8-18-20/h3-4,7-8,11,13H,5-6,9-10H2,1-2H3. The molecule has 0 unspecified atom stereocenters. The van der Waals surface area contributed by atoms with Crippen LogP contribution in [0.4, 0.5) is 0 Å². The Hall–Kier alpha value is -2.46. The Labute approximate surface area is 151 Å². The number of carbonyl (C=O) groups is 1. The minimum Gasteiger partial charge on any atom is -0.495 e. The first kappa shape index (κ1) is 18.3. The lowest BCUT2D eigenvalue weighted by atomic mass is 10.1. The summed E-state index contributed by atoms with van der Waals surface area (Å²) >= 11 is 0. The van der Waals surface area contributed by atoms with Crippen molar-refractivity contribution in [1.82, 2.24) is 19.3 Å². The van der Waals surface area contributed by atoms with Crippen LogP contribution in [0.3, 0.4) is 0 Å². The number of rotatable bonds is 5. The van der Waals surface area contributed by atoms with Gasteiger partial charge in [-0.25, -0.2) is 13.2 Å². The number of sulfonamides is 1. The lowest BCUT2D eigenvalue weighted by Crippen LogP contribution is -2.39. The molecule has 140 valence electrons. The molecule has 0 spiro atoms. The van der Waals surface area contributed by atoms with Gasteiger partial charge in [0.05, 0.1) is 38.2 Å². The summed E-state index contributed by atoms with van der Waals surface area (Å²) in [7, 11) is -1.18. The fraction of sp³-hybridized carbons (Fsp3) is 0.438. The number of aromatic nitrogens is 3. The van der Waals surface area contributed by atoms with Crippen LogP contribution < -0.4 is 4.74 Å². The third-order valence-electron chi connectivity index (χ3n) is 4.39. The van der Waals surface area contributed by atoms with E-state index in [1.807, 2.05) is 0 Å². The van der Waals surface area contributed by atoms with Crippen molar-refractivity contribution >= 4 is 16.0 Å². The summed E-state index contributed by atoms with van der Waals surface area (Å²) in [5, 5.41) is 8.24. The topological polar surface area (TPSA) is 104 Å². The predicted octanol–water partition coefficient (Wildman–Crippen LogP) is 1.10. The van der Waals surface area contributed by atoms with Crippen molar-refractivity contribution in [3.8, 4) is 5.75 Å². The maximum absolute atomic E-state index is 13.1. The zero-order valence-electron chi connectivity index (χ0n) is 14.5. The third-order valence-corrected chi connectivity index (χ3v) is 6.31. The predicted molar refractivity (Wildman–Crippen MR) is 91.4 cm³/mol. The number of ether oxygens (including phenoxy) is 2. The van der Waals surface area contributed by atoms with E-state index < -0.39 is 16.0 Å². The van der Waals surface area contributed by atoms with Gasteiger partial charge in [0.2, 0.25) is 10.0 Å². The molecule has 1 fully saturated rings. The fourth-order valence-electron chi connectivity index (χ4n) is 2.99. The van der Waals surface area contributed by atoms with E-state index in [1.54, 1.807) is 17.2 Å². The molecule has 3 rings (SSSR count). The van der Waals surface area contributed by atoms with E-state index in [-0.39, 0.29) is 22.3 Å². The first-order valence-corrected chi connectivity index (χ1v) is 9.53. The minimum absolute atomic E-state index is 0.0430. The van der Waals surface area contributed by atoms with Crippen LogP contribution in [0.1, 0.15) is 29.2 Å². The van der Waals surface area contributed by atoms with Gasteiger partial charge in [-0.2, -0.15) is 19.3 Å². The second-order valence-electron chi connectivity index (χ2n) is 5.84. The van der Waals surface area contributed by atoms with Crippen molar-refractivity contribution in [1.29, 1.82) is 0 Å². The van der Waals surface area contributed by atoms with Gasteiger partial charge in [-0.1, -0.05) is 0 Å². The maximum atomic E-state index is 13.1. The van der Waals surface area contributed by atoms with Crippen molar-refractivity contribution in [3.05, 3.63) is 36.2 Å². The van der Waals surface area contributed by atoms with E-state index in [1.165, 1.54) is 36.7 Å². The van der Waals surface area contributed by atoms with Crippen molar-refractivity contribution in [3.63, 3.8) is 0 Å². The van der Waals surface area contributed by atoms with Crippen LogP contribution in [0.2, 0.25) is 0 Å². The Morgan fingerprint density at radius 1 is 1.15 bits per heavy atom. The molecule has 1 aliphatic heterocycles. The molecule has 1 aromatic carbocycles. The molecule has 0 aliphatic carbocycles. The number of hydrogen-bond acceptors (Lipinski definition) is 7. The van der Waals surface area contributed by atoms with Gasteiger partial charge in [-0.15, -0.1) is 0 Å². The lowest BCUT2D eigenvalue weighted by Gasteiger charge is -2.31. The first-order valence-electron chi connectivity index (χ1n) is 8.09. The maximum Gasteiger partial charge on any atom is 0.337 e. The summed E-state index contributed by atoms with van der Waals surface area (Å²) < 4.78 is 37.4. The largest absolute Gasteiger partial charge is 0.495 e. The van der Waals surface area contributed by atoms with E-state index in [0.29, 0.717) is 25.9 Å². The summed E-state index contributed by atoms with van der Waals surface area (Å²) in [6.45, 7) is 0.667. The van der Waals surface area contributed by atoms with E-state index in [0.717, 1.165) is 0 Å². The molecule has 2 aromatic rings. The molecule has 0 atom stereocenters. The molecule has 26 heavy (non-hydrogen) atoms. The van der Waals surface area contributed by atoms with E-state index >= 15 is 0 Å². The highest BCUT2D eigenvalue weighted by Crippen LogP contribution is 2.31. The van der Waals surface area contributed by atoms with Gasteiger partial charge in [0.25, 0.3) is 0 Å². The van der Waals surface area contributed by atoms with Crippen LogP contribution in [0.5, 0.6) is 5.75 Å². The molecule has 1 aromatic heterocycles. The van der Waals surface area contributed by atoms with Crippen molar-refractivity contribution in [2.75, 3.05) is 27.3 Å². The van der Waals surface area contributed by atoms with Gasteiger partial charge in [-0.05, 0) is 31.0 Å². The van der Waals surface area contributed by atoms with Crippen LogP contribution in [0, 0.1) is 0 Å². The highest BCUT2D eigenvalue weighted by atomic mass is 32.2. The summed E-state index contributed by atoms with van der Waals surface area (Å²) in [6.07, 6.45) is 4.42. The second kappa shape index (κ2) is 7.42. The Balaban J connectivity index is 1.85. The summed E-state index contributed by atoms with van der Waals surface area (Å²) in [5.74, 6) is -0.416.